The number of carbonyl (C=O) groups is 3. The summed E-state index contributed by atoms with van der Waals surface area (Å²) < 4.78 is 36.6. The molecule has 0 saturated heterocycles. The fraction of sp³-hybridized carbons (Fsp3) is 0.667. The predicted molar refractivity (Wildman–Crippen MR) is 125 cm³/mol. The van der Waals surface area contributed by atoms with Crippen molar-refractivity contribution in [1.29, 1.82) is 0 Å². The number of hydrogen-bond acceptors (Lipinski definition) is 5. The summed E-state index contributed by atoms with van der Waals surface area (Å²) in [5.41, 5.74) is -0.0411. The molecule has 1 aromatic carbocycles. The highest BCUT2D eigenvalue weighted by molar-refractivity contribution is 6.31. The number of fused-ring (bicyclic) bond motifs is 4. The Morgan fingerprint density at radius 1 is 1.14 bits per heavy atom. The molecular formula is C27H31ClF2O5. The number of halogens is 3. The van der Waals surface area contributed by atoms with Crippen molar-refractivity contribution in [3.05, 3.63) is 28.8 Å². The largest absolute Gasteiger partial charge is 0.481 e. The standard InChI is InChI=1S/C27H31ClF2O5/c1-25(29,30)35-18-10-16(11-18)12-24(33)27-7-4-26(5-8-27,6-9-27)15-21(32)23-14-20(31)19-13-17(28)2-3-22(19)34-23/h2-3,13,16,18,23H,4-12,14-15H2,1H3/t16?,18?,23-,26?,27?/m1/s1. The fourth-order valence-corrected chi connectivity index (χ4v) is 6.79. The van der Waals surface area contributed by atoms with Gasteiger partial charge in [0.1, 0.15) is 11.5 Å². The third-order valence-electron chi connectivity index (χ3n) is 8.82. The minimum atomic E-state index is -3.13. The van der Waals surface area contributed by atoms with Gasteiger partial charge in [0.15, 0.2) is 17.7 Å². The van der Waals surface area contributed by atoms with E-state index in [0.717, 1.165) is 45.4 Å². The predicted octanol–water partition coefficient (Wildman–Crippen LogP) is 6.34. The monoisotopic (exact) mass is 508 g/mol. The third-order valence-corrected chi connectivity index (χ3v) is 9.06. The zero-order valence-corrected chi connectivity index (χ0v) is 20.7. The maximum atomic E-state index is 13.2. The van der Waals surface area contributed by atoms with Gasteiger partial charge in [0, 0.05) is 30.2 Å². The van der Waals surface area contributed by atoms with Crippen LogP contribution in [0.1, 0.15) is 87.9 Å². The van der Waals surface area contributed by atoms with Crippen molar-refractivity contribution in [3.63, 3.8) is 0 Å². The Bertz CT molecular complexity index is 1020. The van der Waals surface area contributed by atoms with E-state index in [1.807, 2.05) is 0 Å². The van der Waals surface area contributed by atoms with E-state index >= 15 is 0 Å². The maximum Gasteiger partial charge on any atom is 0.353 e. The van der Waals surface area contributed by atoms with Crippen LogP contribution in [0, 0.1) is 16.7 Å². The first-order valence-electron chi connectivity index (χ1n) is 12.6. The van der Waals surface area contributed by atoms with E-state index in [-0.39, 0.29) is 40.5 Å². The van der Waals surface area contributed by atoms with Gasteiger partial charge < -0.3 is 9.47 Å². The highest BCUT2D eigenvalue weighted by Gasteiger charge is 2.53. The first-order chi connectivity index (χ1) is 16.5. The topological polar surface area (TPSA) is 69.7 Å². The van der Waals surface area contributed by atoms with Crippen LogP contribution < -0.4 is 4.74 Å². The lowest BCUT2D eigenvalue weighted by atomic mass is 9.50. The molecule has 4 saturated carbocycles. The maximum absolute atomic E-state index is 13.2. The minimum absolute atomic E-state index is 0.0285. The van der Waals surface area contributed by atoms with Gasteiger partial charge in [-0.3, -0.25) is 14.4 Å². The molecule has 8 heteroatoms. The van der Waals surface area contributed by atoms with Crippen LogP contribution in [0.4, 0.5) is 8.78 Å². The number of Topliss-reactive ketones (excluding diaryl/α,β-unsaturated/α-hetero) is 3. The van der Waals surface area contributed by atoms with Crippen LogP contribution in [0.25, 0.3) is 0 Å². The lowest BCUT2D eigenvalue weighted by Crippen LogP contribution is -2.49. The summed E-state index contributed by atoms with van der Waals surface area (Å²) in [4.78, 5) is 38.9. The number of alkyl halides is 2. The van der Waals surface area contributed by atoms with Crippen molar-refractivity contribution in [3.8, 4) is 5.75 Å². The first kappa shape index (κ1) is 24.8. The van der Waals surface area contributed by atoms with Gasteiger partial charge in [0.2, 0.25) is 0 Å². The van der Waals surface area contributed by atoms with E-state index in [0.29, 0.717) is 42.0 Å². The molecule has 0 unspecified atom stereocenters. The van der Waals surface area contributed by atoms with E-state index in [2.05, 4.69) is 0 Å². The number of ketones is 3. The van der Waals surface area contributed by atoms with E-state index in [1.54, 1.807) is 18.2 Å². The molecule has 4 aliphatic carbocycles. The summed E-state index contributed by atoms with van der Waals surface area (Å²) in [5, 5.41) is 0.458. The van der Waals surface area contributed by atoms with Gasteiger partial charge in [-0.15, -0.1) is 0 Å². The molecule has 5 nitrogen and oxygen atoms in total. The van der Waals surface area contributed by atoms with Crippen LogP contribution in [-0.2, 0) is 14.3 Å². The van der Waals surface area contributed by atoms with Crippen molar-refractivity contribution in [2.45, 2.75) is 95.9 Å². The van der Waals surface area contributed by atoms with Crippen molar-refractivity contribution in [2.24, 2.45) is 16.7 Å². The molecule has 0 aromatic heterocycles. The Morgan fingerprint density at radius 3 is 2.43 bits per heavy atom. The van der Waals surface area contributed by atoms with E-state index in [4.69, 9.17) is 21.1 Å². The average molecular weight is 509 g/mol. The summed E-state index contributed by atoms with van der Waals surface area (Å²) in [6.45, 7) is 0.749. The molecule has 35 heavy (non-hydrogen) atoms. The van der Waals surface area contributed by atoms with Crippen LogP contribution in [-0.4, -0.2) is 35.7 Å². The number of ether oxygens (including phenoxy) is 2. The fourth-order valence-electron chi connectivity index (χ4n) is 6.61. The number of benzene rings is 1. The number of carbonyl (C=O) groups excluding carboxylic acids is 3. The van der Waals surface area contributed by atoms with Crippen LogP contribution in [0.3, 0.4) is 0 Å². The Labute approximate surface area is 208 Å². The lowest BCUT2D eigenvalue weighted by molar-refractivity contribution is -0.268. The lowest BCUT2D eigenvalue weighted by Gasteiger charge is -2.53. The average Bonchev–Trinajstić information content (AvgIpc) is 2.78. The van der Waals surface area contributed by atoms with Crippen molar-refractivity contribution in [2.75, 3.05) is 0 Å². The Kier molecular flexibility index (Phi) is 6.32. The summed E-state index contributed by atoms with van der Waals surface area (Å²) in [6.07, 6.45) is 2.25. The Hall–Kier alpha value is -1.86. The second-order valence-electron chi connectivity index (χ2n) is 11.3. The molecular weight excluding hydrogens is 478 g/mol. The summed E-state index contributed by atoms with van der Waals surface area (Å²) in [5.74, 6) is 0.601. The number of rotatable bonds is 8. The van der Waals surface area contributed by atoms with Crippen molar-refractivity contribution in [1.82, 2.24) is 0 Å². The smallest absolute Gasteiger partial charge is 0.353 e. The molecule has 2 bridgehead atoms. The van der Waals surface area contributed by atoms with E-state index < -0.39 is 18.3 Å². The van der Waals surface area contributed by atoms with Crippen LogP contribution in [0.15, 0.2) is 18.2 Å². The van der Waals surface area contributed by atoms with Crippen LogP contribution in [0.5, 0.6) is 5.75 Å². The molecule has 1 atom stereocenters. The van der Waals surface area contributed by atoms with E-state index in [1.165, 1.54) is 0 Å². The molecule has 1 aliphatic heterocycles. The Balaban J connectivity index is 1.14. The van der Waals surface area contributed by atoms with Crippen LogP contribution in [0.2, 0.25) is 5.02 Å². The molecule has 5 aliphatic rings. The van der Waals surface area contributed by atoms with Crippen LogP contribution >= 0.6 is 11.6 Å². The molecule has 0 spiro atoms. The molecule has 190 valence electrons. The van der Waals surface area contributed by atoms with Gasteiger partial charge in [0.25, 0.3) is 0 Å². The second kappa shape index (κ2) is 8.91. The SMILES string of the molecule is CC(F)(F)OC1CC(CC(=O)C23CCC(CC(=O)[C@H]4CC(=O)c5cc(Cl)ccc5O4)(CC2)CC3)C1. The highest BCUT2D eigenvalue weighted by Crippen LogP contribution is 2.59. The molecule has 0 radical (unpaired) electrons. The first-order valence-corrected chi connectivity index (χ1v) is 12.9. The molecule has 1 aromatic rings. The highest BCUT2D eigenvalue weighted by atomic mass is 35.5. The third kappa shape index (κ3) is 5.04. The Morgan fingerprint density at radius 2 is 1.80 bits per heavy atom. The molecule has 6 rings (SSSR count). The van der Waals surface area contributed by atoms with Gasteiger partial charge in [-0.1, -0.05) is 11.6 Å². The summed E-state index contributed by atoms with van der Waals surface area (Å²) in [6, 6.07) is 4.86. The summed E-state index contributed by atoms with van der Waals surface area (Å²) >= 11 is 5.98. The van der Waals surface area contributed by atoms with Gasteiger partial charge in [-0.2, -0.15) is 8.78 Å². The molecule has 1 heterocycles. The zero-order valence-electron chi connectivity index (χ0n) is 19.9. The van der Waals surface area contributed by atoms with E-state index in [9.17, 15) is 23.2 Å². The second-order valence-corrected chi connectivity index (χ2v) is 11.7. The molecule has 4 fully saturated rings. The molecule has 0 amide bonds. The number of hydrogen-bond donors (Lipinski definition) is 0. The molecule has 0 N–H and O–H groups in total. The summed E-state index contributed by atoms with van der Waals surface area (Å²) in [7, 11) is 0. The zero-order chi connectivity index (χ0) is 25.0. The van der Waals surface area contributed by atoms with Gasteiger partial charge in [0.05, 0.1) is 18.1 Å². The normalized spacial score (nSPS) is 34.1. The van der Waals surface area contributed by atoms with Gasteiger partial charge in [-0.05, 0) is 80.9 Å². The van der Waals surface area contributed by atoms with Gasteiger partial charge >= 0.3 is 6.11 Å². The van der Waals surface area contributed by atoms with Crippen molar-refractivity contribution >= 4 is 29.0 Å². The van der Waals surface area contributed by atoms with Gasteiger partial charge in [-0.25, -0.2) is 0 Å². The van der Waals surface area contributed by atoms with Crippen molar-refractivity contribution < 1.29 is 32.6 Å². The quantitative estimate of drug-likeness (QED) is 0.409. The minimum Gasteiger partial charge on any atom is -0.481 e.